The molecule has 2 saturated carbocycles. The van der Waals surface area contributed by atoms with Crippen LogP contribution in [0.5, 0.6) is 0 Å². The number of benzene rings is 1. The molecule has 2 fully saturated rings. The van der Waals surface area contributed by atoms with Crippen molar-refractivity contribution in [2.75, 3.05) is 0 Å². The summed E-state index contributed by atoms with van der Waals surface area (Å²) in [5, 5.41) is 10.2. The Bertz CT molecular complexity index is 930. The smallest absolute Gasteiger partial charge is 0.407 e. The highest BCUT2D eigenvalue weighted by Gasteiger charge is 2.34. The highest BCUT2D eigenvalue weighted by molar-refractivity contribution is 5.92. The number of ether oxygens (including phenoxy) is 1. The van der Waals surface area contributed by atoms with Gasteiger partial charge in [0.15, 0.2) is 5.69 Å². The molecule has 1 heterocycles. The molecule has 32 heavy (non-hydrogen) atoms. The zero-order chi connectivity index (χ0) is 22.7. The molecule has 2 amide bonds. The largest absolute Gasteiger partial charge is 0.444 e. The van der Waals surface area contributed by atoms with Crippen LogP contribution in [0.1, 0.15) is 80.6 Å². The summed E-state index contributed by atoms with van der Waals surface area (Å²) in [4.78, 5) is 25.1. The lowest BCUT2D eigenvalue weighted by molar-refractivity contribution is 0.0473. The van der Waals surface area contributed by atoms with Crippen LogP contribution in [0.4, 0.5) is 4.79 Å². The van der Waals surface area contributed by atoms with Crippen molar-refractivity contribution in [3.8, 4) is 0 Å². The van der Waals surface area contributed by atoms with Gasteiger partial charge in [-0.2, -0.15) is 0 Å². The van der Waals surface area contributed by atoms with Gasteiger partial charge in [0.25, 0.3) is 5.91 Å². The molecule has 2 N–H and O–H groups in total. The molecular formula is C25H33N3O4. The average Bonchev–Trinajstić information content (AvgIpc) is 3.45. The van der Waals surface area contributed by atoms with Crippen LogP contribution in [-0.2, 0) is 11.2 Å². The molecule has 0 spiro atoms. The van der Waals surface area contributed by atoms with E-state index in [1.165, 1.54) is 5.56 Å². The zero-order valence-corrected chi connectivity index (χ0v) is 19.1. The van der Waals surface area contributed by atoms with E-state index in [2.05, 4.69) is 27.9 Å². The molecule has 3 atom stereocenters. The van der Waals surface area contributed by atoms with E-state index in [1.807, 2.05) is 39.0 Å². The summed E-state index contributed by atoms with van der Waals surface area (Å²) in [6.07, 6.45) is 4.96. The second kappa shape index (κ2) is 9.35. The predicted octanol–water partition coefficient (Wildman–Crippen LogP) is 4.59. The molecule has 0 aliphatic heterocycles. The summed E-state index contributed by atoms with van der Waals surface area (Å²) >= 11 is 0. The number of carbonyl (C=O) groups is 2. The van der Waals surface area contributed by atoms with Gasteiger partial charge in [0.05, 0.1) is 0 Å². The van der Waals surface area contributed by atoms with Crippen molar-refractivity contribution >= 4 is 12.0 Å². The number of nitrogens with zero attached hydrogens (tertiary/aromatic N) is 1. The SMILES string of the molecule is CC(C)(C)OC(=O)N[C@@H]1CC[C@@H](NC(=O)c2cc(C3CC3)on2)[C@@H](Cc2ccccc2)C1. The van der Waals surface area contributed by atoms with Gasteiger partial charge in [-0.05, 0) is 70.8 Å². The van der Waals surface area contributed by atoms with Crippen LogP contribution in [-0.4, -0.2) is 34.8 Å². The molecule has 4 rings (SSSR count). The number of aromatic nitrogens is 1. The van der Waals surface area contributed by atoms with Gasteiger partial charge < -0.3 is 19.9 Å². The second-order valence-electron chi connectivity index (χ2n) is 10.1. The maximum Gasteiger partial charge on any atom is 0.407 e. The molecule has 2 aliphatic rings. The summed E-state index contributed by atoms with van der Waals surface area (Å²) in [5.41, 5.74) is 1.03. The van der Waals surface area contributed by atoms with Crippen LogP contribution in [0.2, 0.25) is 0 Å². The number of alkyl carbamates (subject to hydrolysis) is 1. The number of carbonyl (C=O) groups excluding carboxylic acids is 2. The Morgan fingerprint density at radius 3 is 2.53 bits per heavy atom. The maximum absolute atomic E-state index is 12.9. The molecule has 1 aromatic carbocycles. The van der Waals surface area contributed by atoms with Crippen molar-refractivity contribution < 1.29 is 18.8 Å². The van der Waals surface area contributed by atoms with Gasteiger partial charge in [0.2, 0.25) is 0 Å². The third-order valence-electron chi connectivity index (χ3n) is 6.10. The van der Waals surface area contributed by atoms with Crippen molar-refractivity contribution in [2.24, 2.45) is 5.92 Å². The topological polar surface area (TPSA) is 93.5 Å². The molecule has 0 radical (unpaired) electrons. The van der Waals surface area contributed by atoms with Crippen molar-refractivity contribution in [2.45, 2.75) is 82.9 Å². The van der Waals surface area contributed by atoms with Crippen molar-refractivity contribution in [3.63, 3.8) is 0 Å². The van der Waals surface area contributed by atoms with E-state index in [9.17, 15) is 9.59 Å². The highest BCUT2D eigenvalue weighted by atomic mass is 16.6. The van der Waals surface area contributed by atoms with E-state index in [-0.39, 0.29) is 23.9 Å². The number of hydrogen-bond acceptors (Lipinski definition) is 5. The maximum atomic E-state index is 12.9. The molecule has 0 saturated heterocycles. The third-order valence-corrected chi connectivity index (χ3v) is 6.10. The Labute approximate surface area is 189 Å². The molecular weight excluding hydrogens is 406 g/mol. The summed E-state index contributed by atoms with van der Waals surface area (Å²) in [6, 6.07) is 12.0. The lowest BCUT2D eigenvalue weighted by Gasteiger charge is -2.37. The Morgan fingerprint density at radius 1 is 1.09 bits per heavy atom. The molecule has 0 bridgehead atoms. The zero-order valence-electron chi connectivity index (χ0n) is 19.1. The highest BCUT2D eigenvalue weighted by Crippen LogP contribution is 2.40. The van der Waals surface area contributed by atoms with Crippen molar-refractivity contribution in [1.29, 1.82) is 0 Å². The first-order chi connectivity index (χ1) is 15.3. The summed E-state index contributed by atoms with van der Waals surface area (Å²) in [7, 11) is 0. The van der Waals surface area contributed by atoms with Gasteiger partial charge in [0.1, 0.15) is 11.4 Å². The molecule has 2 aliphatic carbocycles. The van der Waals surface area contributed by atoms with E-state index in [0.29, 0.717) is 11.6 Å². The Morgan fingerprint density at radius 2 is 1.84 bits per heavy atom. The lowest BCUT2D eigenvalue weighted by Crippen LogP contribution is -2.50. The van der Waals surface area contributed by atoms with Gasteiger partial charge >= 0.3 is 6.09 Å². The molecule has 7 nitrogen and oxygen atoms in total. The van der Waals surface area contributed by atoms with Gasteiger partial charge in [0, 0.05) is 24.1 Å². The predicted molar refractivity (Wildman–Crippen MR) is 120 cm³/mol. The van der Waals surface area contributed by atoms with Crippen LogP contribution in [0.15, 0.2) is 40.9 Å². The van der Waals surface area contributed by atoms with Crippen molar-refractivity contribution in [3.05, 3.63) is 53.4 Å². The first-order valence-corrected chi connectivity index (χ1v) is 11.6. The average molecular weight is 440 g/mol. The molecule has 0 unspecified atom stereocenters. The second-order valence-corrected chi connectivity index (χ2v) is 10.1. The molecule has 1 aromatic heterocycles. The minimum absolute atomic E-state index is 0.000433. The molecule has 7 heteroatoms. The van der Waals surface area contributed by atoms with E-state index in [4.69, 9.17) is 9.26 Å². The number of hydrogen-bond donors (Lipinski definition) is 2. The van der Waals surface area contributed by atoms with E-state index >= 15 is 0 Å². The van der Waals surface area contributed by atoms with E-state index in [1.54, 1.807) is 6.07 Å². The monoisotopic (exact) mass is 439 g/mol. The summed E-state index contributed by atoms with van der Waals surface area (Å²) < 4.78 is 10.8. The van der Waals surface area contributed by atoms with Crippen LogP contribution in [0.3, 0.4) is 0 Å². The first-order valence-electron chi connectivity index (χ1n) is 11.6. The fourth-order valence-electron chi connectivity index (χ4n) is 4.40. The number of nitrogens with one attached hydrogen (secondary N) is 2. The minimum Gasteiger partial charge on any atom is -0.444 e. The van der Waals surface area contributed by atoms with Crippen LogP contribution < -0.4 is 10.6 Å². The molecule has 172 valence electrons. The van der Waals surface area contributed by atoms with E-state index < -0.39 is 11.7 Å². The Kier molecular flexibility index (Phi) is 6.53. The van der Waals surface area contributed by atoms with Gasteiger partial charge in [-0.25, -0.2) is 4.79 Å². The fourth-order valence-corrected chi connectivity index (χ4v) is 4.40. The van der Waals surface area contributed by atoms with Crippen LogP contribution in [0.25, 0.3) is 0 Å². The first kappa shape index (κ1) is 22.4. The fraction of sp³-hybridized carbons (Fsp3) is 0.560. The Balaban J connectivity index is 1.41. The van der Waals surface area contributed by atoms with Gasteiger partial charge in [-0.15, -0.1) is 0 Å². The number of rotatable bonds is 6. The normalized spacial score (nSPS) is 23.4. The Hall–Kier alpha value is -2.83. The number of amides is 2. The summed E-state index contributed by atoms with van der Waals surface area (Å²) in [5.74, 6) is 1.22. The lowest BCUT2D eigenvalue weighted by atomic mass is 9.78. The third kappa shape index (κ3) is 6.11. The van der Waals surface area contributed by atoms with E-state index in [0.717, 1.165) is 44.3 Å². The van der Waals surface area contributed by atoms with Gasteiger partial charge in [-0.1, -0.05) is 35.5 Å². The summed E-state index contributed by atoms with van der Waals surface area (Å²) in [6.45, 7) is 5.57. The quantitative estimate of drug-likeness (QED) is 0.687. The van der Waals surface area contributed by atoms with Crippen LogP contribution in [0, 0.1) is 5.92 Å². The molecule has 2 aromatic rings. The van der Waals surface area contributed by atoms with Crippen molar-refractivity contribution in [1.82, 2.24) is 15.8 Å². The standard InChI is InChI=1S/C25H33N3O4/c1-25(2,3)31-24(30)26-19-11-12-20(18(14-19)13-16-7-5-4-6-8-16)27-23(29)21-15-22(32-28-21)17-9-10-17/h4-8,15,17-20H,9-14H2,1-3H3,(H,26,30)(H,27,29)/t18-,19+,20+/m0/s1. The minimum atomic E-state index is -0.532. The van der Waals surface area contributed by atoms with Gasteiger partial charge in [-0.3, -0.25) is 4.79 Å². The van der Waals surface area contributed by atoms with Crippen LogP contribution >= 0.6 is 0 Å².